The number of hydrogen-bond donors (Lipinski definition) is 1. The van der Waals surface area contributed by atoms with Crippen LogP contribution in [-0.4, -0.2) is 0 Å². The van der Waals surface area contributed by atoms with Gasteiger partial charge in [-0.1, -0.05) is 45.0 Å². The van der Waals surface area contributed by atoms with Crippen molar-refractivity contribution in [3.63, 3.8) is 0 Å². The maximum Gasteiger partial charge on any atom is 0.118 e. The average Bonchev–Trinajstić information content (AvgIpc) is 2.15. The summed E-state index contributed by atoms with van der Waals surface area (Å²) in [5.74, 6) is 0. The lowest BCUT2D eigenvalue weighted by atomic mass is 9.86. The Kier molecular flexibility index (Phi) is 2.93. The normalized spacial score (nSPS) is 13.4. The summed E-state index contributed by atoms with van der Waals surface area (Å²) in [5, 5.41) is 8.64. The highest BCUT2D eigenvalue weighted by atomic mass is 14.6. The van der Waals surface area contributed by atoms with Crippen LogP contribution in [0.5, 0.6) is 0 Å². The summed E-state index contributed by atoms with van der Waals surface area (Å²) < 4.78 is 0. The van der Waals surface area contributed by atoms with Crippen molar-refractivity contribution in [3.8, 4) is 6.07 Å². The third-order valence-corrected chi connectivity index (χ3v) is 2.27. The van der Waals surface area contributed by atoms with Gasteiger partial charge in [0, 0.05) is 0 Å². The second kappa shape index (κ2) is 3.81. The molecular weight excluding hydrogens is 172 g/mol. The fourth-order valence-corrected chi connectivity index (χ4v) is 1.26. The van der Waals surface area contributed by atoms with Gasteiger partial charge in [0.1, 0.15) is 6.04 Å². The van der Waals surface area contributed by atoms with Crippen molar-refractivity contribution in [1.29, 1.82) is 5.26 Å². The molecule has 0 spiro atoms. The monoisotopic (exact) mass is 188 g/mol. The molecule has 0 radical (unpaired) electrons. The molecule has 1 aromatic rings. The molecule has 0 bridgehead atoms. The Morgan fingerprint density at radius 1 is 1.21 bits per heavy atom. The minimum absolute atomic E-state index is 0.148. The van der Waals surface area contributed by atoms with Gasteiger partial charge in [0.15, 0.2) is 0 Å². The summed E-state index contributed by atoms with van der Waals surface area (Å²) in [6.07, 6.45) is 0. The highest BCUT2D eigenvalue weighted by Gasteiger charge is 2.13. The van der Waals surface area contributed by atoms with Gasteiger partial charge in [-0.25, -0.2) is 0 Å². The zero-order valence-corrected chi connectivity index (χ0v) is 8.91. The van der Waals surface area contributed by atoms with E-state index in [1.165, 1.54) is 5.56 Å². The standard InChI is InChI=1S/C12H16N2/c1-12(2,3)10-6-4-9(5-7-10)11(14)8-13/h4-7,11H,14H2,1-3H3/t11-/m0/s1. The Labute approximate surface area is 85.4 Å². The van der Waals surface area contributed by atoms with E-state index >= 15 is 0 Å². The topological polar surface area (TPSA) is 49.8 Å². The Hall–Kier alpha value is -1.33. The van der Waals surface area contributed by atoms with Gasteiger partial charge in [-0.15, -0.1) is 0 Å². The minimum Gasteiger partial charge on any atom is -0.312 e. The molecule has 1 atom stereocenters. The second-order valence-corrected chi connectivity index (χ2v) is 4.48. The zero-order valence-electron chi connectivity index (χ0n) is 8.91. The molecule has 0 amide bonds. The van der Waals surface area contributed by atoms with Gasteiger partial charge in [-0.3, -0.25) is 0 Å². The molecular formula is C12H16N2. The van der Waals surface area contributed by atoms with Gasteiger partial charge < -0.3 is 5.73 Å². The zero-order chi connectivity index (χ0) is 10.8. The molecule has 2 nitrogen and oxygen atoms in total. The van der Waals surface area contributed by atoms with Crippen molar-refractivity contribution in [3.05, 3.63) is 35.4 Å². The molecule has 1 aromatic carbocycles. The van der Waals surface area contributed by atoms with Gasteiger partial charge in [0.05, 0.1) is 6.07 Å². The van der Waals surface area contributed by atoms with E-state index in [2.05, 4.69) is 20.8 Å². The molecule has 14 heavy (non-hydrogen) atoms. The number of hydrogen-bond acceptors (Lipinski definition) is 2. The van der Waals surface area contributed by atoms with E-state index in [1.54, 1.807) is 0 Å². The summed E-state index contributed by atoms with van der Waals surface area (Å²) in [6.45, 7) is 6.48. The van der Waals surface area contributed by atoms with Crippen molar-refractivity contribution in [2.45, 2.75) is 32.2 Å². The quantitative estimate of drug-likeness (QED) is 0.736. The van der Waals surface area contributed by atoms with E-state index < -0.39 is 6.04 Å². The first-order valence-corrected chi connectivity index (χ1v) is 4.71. The molecule has 0 aliphatic carbocycles. The van der Waals surface area contributed by atoms with E-state index in [4.69, 9.17) is 11.0 Å². The predicted molar refractivity (Wildman–Crippen MR) is 57.7 cm³/mol. The van der Waals surface area contributed by atoms with Crippen molar-refractivity contribution in [1.82, 2.24) is 0 Å². The molecule has 0 unspecified atom stereocenters. The Bertz CT molecular complexity index is 338. The van der Waals surface area contributed by atoms with Crippen LogP contribution in [0.4, 0.5) is 0 Å². The van der Waals surface area contributed by atoms with Gasteiger partial charge >= 0.3 is 0 Å². The summed E-state index contributed by atoms with van der Waals surface area (Å²) in [4.78, 5) is 0. The third-order valence-electron chi connectivity index (χ3n) is 2.27. The first kappa shape index (κ1) is 10.7. The SMILES string of the molecule is CC(C)(C)c1ccc([C@@H](N)C#N)cc1. The maximum atomic E-state index is 8.64. The van der Waals surface area contributed by atoms with Crippen molar-refractivity contribution < 1.29 is 0 Å². The van der Waals surface area contributed by atoms with E-state index in [1.807, 2.05) is 30.3 Å². The number of nitrogens with zero attached hydrogens (tertiary/aromatic N) is 1. The summed E-state index contributed by atoms with van der Waals surface area (Å²) in [7, 11) is 0. The van der Waals surface area contributed by atoms with E-state index in [0.717, 1.165) is 5.56 Å². The minimum atomic E-state index is -0.510. The molecule has 0 aliphatic rings. The van der Waals surface area contributed by atoms with Gasteiger partial charge in [0.2, 0.25) is 0 Å². The van der Waals surface area contributed by atoms with Crippen molar-refractivity contribution in [2.24, 2.45) is 5.73 Å². The smallest absolute Gasteiger partial charge is 0.118 e. The fraction of sp³-hybridized carbons (Fsp3) is 0.417. The maximum absolute atomic E-state index is 8.64. The molecule has 74 valence electrons. The van der Waals surface area contributed by atoms with Crippen LogP contribution in [0.25, 0.3) is 0 Å². The van der Waals surface area contributed by atoms with Crippen LogP contribution in [0.3, 0.4) is 0 Å². The number of rotatable bonds is 1. The fourth-order valence-electron chi connectivity index (χ4n) is 1.26. The van der Waals surface area contributed by atoms with Crippen molar-refractivity contribution in [2.75, 3.05) is 0 Å². The molecule has 2 heteroatoms. The lowest BCUT2D eigenvalue weighted by molar-refractivity contribution is 0.590. The molecule has 0 saturated heterocycles. The number of nitriles is 1. The molecule has 0 aromatic heterocycles. The van der Waals surface area contributed by atoms with Crippen molar-refractivity contribution >= 4 is 0 Å². The lowest BCUT2D eigenvalue weighted by Crippen LogP contribution is -2.12. The van der Waals surface area contributed by atoms with E-state index in [0.29, 0.717) is 0 Å². The molecule has 0 saturated carbocycles. The predicted octanol–water partition coefficient (Wildman–Crippen LogP) is 2.51. The Balaban J connectivity index is 2.96. The molecule has 0 heterocycles. The summed E-state index contributed by atoms with van der Waals surface area (Å²) >= 11 is 0. The third kappa shape index (κ3) is 2.34. The van der Waals surface area contributed by atoms with Crippen LogP contribution >= 0.6 is 0 Å². The number of benzene rings is 1. The van der Waals surface area contributed by atoms with Gasteiger partial charge in [-0.05, 0) is 16.5 Å². The first-order valence-electron chi connectivity index (χ1n) is 4.71. The lowest BCUT2D eigenvalue weighted by Gasteiger charge is -2.19. The highest BCUT2D eigenvalue weighted by molar-refractivity contribution is 5.31. The van der Waals surface area contributed by atoms with Gasteiger partial charge in [-0.2, -0.15) is 5.26 Å². The first-order chi connectivity index (χ1) is 6.45. The molecule has 0 fully saturated rings. The van der Waals surface area contributed by atoms with Gasteiger partial charge in [0.25, 0.3) is 0 Å². The van der Waals surface area contributed by atoms with E-state index in [9.17, 15) is 0 Å². The Morgan fingerprint density at radius 2 is 1.71 bits per heavy atom. The van der Waals surface area contributed by atoms with Crippen LogP contribution in [0.1, 0.15) is 37.9 Å². The second-order valence-electron chi connectivity index (χ2n) is 4.48. The molecule has 0 aliphatic heterocycles. The summed E-state index contributed by atoms with van der Waals surface area (Å²) in [5.41, 5.74) is 7.87. The number of nitrogens with two attached hydrogens (primary N) is 1. The van der Waals surface area contributed by atoms with Crippen LogP contribution < -0.4 is 5.73 Å². The van der Waals surface area contributed by atoms with Crippen LogP contribution in [0.2, 0.25) is 0 Å². The summed E-state index contributed by atoms with van der Waals surface area (Å²) in [6, 6.07) is 9.43. The molecule has 2 N–H and O–H groups in total. The highest BCUT2D eigenvalue weighted by Crippen LogP contribution is 2.23. The van der Waals surface area contributed by atoms with Crippen LogP contribution in [0.15, 0.2) is 24.3 Å². The molecule has 1 rings (SSSR count). The average molecular weight is 188 g/mol. The van der Waals surface area contributed by atoms with Crippen LogP contribution in [0, 0.1) is 11.3 Å². The Morgan fingerprint density at radius 3 is 2.07 bits per heavy atom. The largest absolute Gasteiger partial charge is 0.312 e. The van der Waals surface area contributed by atoms with E-state index in [-0.39, 0.29) is 5.41 Å². The van der Waals surface area contributed by atoms with Crippen LogP contribution in [-0.2, 0) is 5.41 Å².